The van der Waals surface area contributed by atoms with Gasteiger partial charge in [-0.2, -0.15) is 0 Å². The Bertz CT molecular complexity index is 903. The maximum absolute atomic E-state index is 13.2. The summed E-state index contributed by atoms with van der Waals surface area (Å²) >= 11 is 1.43. The van der Waals surface area contributed by atoms with E-state index >= 15 is 0 Å². The third-order valence-electron chi connectivity index (χ3n) is 6.96. The number of carbonyl (C=O) groups excluding carboxylic acids is 2. The molecule has 1 N–H and O–H groups in total. The number of hydrogen-bond acceptors (Lipinski definition) is 5. The fourth-order valence-corrected chi connectivity index (χ4v) is 5.55. The van der Waals surface area contributed by atoms with Crippen molar-refractivity contribution in [1.29, 1.82) is 0 Å². The van der Waals surface area contributed by atoms with Gasteiger partial charge in [0.15, 0.2) is 5.13 Å². The summed E-state index contributed by atoms with van der Waals surface area (Å²) in [5, 5.41) is 3.57. The summed E-state index contributed by atoms with van der Waals surface area (Å²) in [6.07, 6.45) is 1.87. The Balaban J connectivity index is 1.66. The molecule has 25 heavy (non-hydrogen) atoms. The average Bonchev–Trinajstić information content (AvgIpc) is 3.10. The monoisotopic (exact) mass is 358 g/mol. The van der Waals surface area contributed by atoms with E-state index in [9.17, 15) is 9.59 Å². The molecule has 2 fully saturated rings. The number of fused-ring (bicyclic) bond motifs is 3. The van der Waals surface area contributed by atoms with Gasteiger partial charge < -0.3 is 10.1 Å². The van der Waals surface area contributed by atoms with Gasteiger partial charge >= 0.3 is 0 Å². The van der Waals surface area contributed by atoms with Crippen LogP contribution >= 0.6 is 11.3 Å². The Hall–Kier alpha value is -1.95. The number of rotatable bonds is 3. The number of carbonyl (C=O) groups is 2. The van der Waals surface area contributed by atoms with Crippen LogP contribution < -0.4 is 10.1 Å². The van der Waals surface area contributed by atoms with Gasteiger partial charge in [-0.15, -0.1) is 0 Å². The Morgan fingerprint density at radius 2 is 2.04 bits per heavy atom. The predicted molar refractivity (Wildman–Crippen MR) is 98.0 cm³/mol. The third-order valence-corrected chi connectivity index (χ3v) is 7.89. The predicted octanol–water partition coefficient (Wildman–Crippen LogP) is 4.03. The van der Waals surface area contributed by atoms with Crippen LogP contribution in [-0.2, 0) is 9.59 Å². The summed E-state index contributed by atoms with van der Waals surface area (Å²) in [7, 11) is 1.63. The molecule has 1 heterocycles. The first-order chi connectivity index (χ1) is 11.7. The van der Waals surface area contributed by atoms with Crippen molar-refractivity contribution in [3.8, 4) is 5.75 Å². The molecule has 6 heteroatoms. The number of nitrogens with zero attached hydrogens (tertiary/aromatic N) is 1. The number of methoxy groups -OCH3 is 1. The SMILES string of the molecule is COc1ccc2nc(NC(=O)C34CCC(C)(C(=O)C3)C4(C)C)sc2c1. The molecule has 1 aromatic carbocycles. The minimum absolute atomic E-state index is 0.0712. The van der Waals surface area contributed by atoms with Gasteiger partial charge in [-0.05, 0) is 36.5 Å². The van der Waals surface area contributed by atoms with E-state index in [0.29, 0.717) is 11.6 Å². The molecule has 2 unspecified atom stereocenters. The molecule has 0 radical (unpaired) electrons. The molecule has 5 nitrogen and oxygen atoms in total. The maximum atomic E-state index is 13.2. The van der Waals surface area contributed by atoms with Gasteiger partial charge in [0, 0.05) is 11.8 Å². The van der Waals surface area contributed by atoms with Gasteiger partial charge in [0.25, 0.3) is 0 Å². The Labute approximate surface area is 150 Å². The van der Waals surface area contributed by atoms with Crippen LogP contribution in [0.15, 0.2) is 18.2 Å². The van der Waals surface area contributed by atoms with Crippen LogP contribution in [0.2, 0.25) is 0 Å². The summed E-state index contributed by atoms with van der Waals surface area (Å²) < 4.78 is 6.20. The number of ether oxygens (including phenoxy) is 1. The first-order valence-electron chi connectivity index (χ1n) is 8.53. The zero-order valence-electron chi connectivity index (χ0n) is 14.9. The van der Waals surface area contributed by atoms with Gasteiger partial charge in [-0.25, -0.2) is 4.98 Å². The van der Waals surface area contributed by atoms with E-state index < -0.39 is 10.8 Å². The highest BCUT2D eigenvalue weighted by atomic mass is 32.1. The summed E-state index contributed by atoms with van der Waals surface area (Å²) in [6, 6.07) is 5.65. The molecule has 0 spiro atoms. The van der Waals surface area contributed by atoms with Crippen LogP contribution in [0.5, 0.6) is 5.75 Å². The van der Waals surface area contributed by atoms with E-state index in [1.54, 1.807) is 7.11 Å². The van der Waals surface area contributed by atoms with Crippen molar-refractivity contribution in [1.82, 2.24) is 4.98 Å². The largest absolute Gasteiger partial charge is 0.497 e. The fraction of sp³-hybridized carbons (Fsp3) is 0.526. The molecular weight excluding hydrogens is 336 g/mol. The zero-order valence-corrected chi connectivity index (χ0v) is 15.8. The Morgan fingerprint density at radius 3 is 2.64 bits per heavy atom. The van der Waals surface area contributed by atoms with Gasteiger partial charge in [0.2, 0.25) is 5.91 Å². The van der Waals surface area contributed by atoms with E-state index in [0.717, 1.165) is 28.8 Å². The second-order valence-electron chi connectivity index (χ2n) is 7.95. The number of thiazole rings is 1. The molecule has 2 aromatic rings. The first kappa shape index (κ1) is 16.5. The van der Waals surface area contributed by atoms with Crippen LogP contribution in [-0.4, -0.2) is 23.8 Å². The minimum atomic E-state index is -0.631. The number of ketones is 1. The fourth-order valence-electron chi connectivity index (χ4n) is 4.66. The molecular formula is C19H22N2O3S. The quantitative estimate of drug-likeness (QED) is 0.899. The molecule has 132 valence electrons. The van der Waals surface area contributed by atoms with Crippen molar-refractivity contribution in [3.05, 3.63) is 18.2 Å². The van der Waals surface area contributed by atoms with Crippen molar-refractivity contribution < 1.29 is 14.3 Å². The summed E-state index contributed by atoms with van der Waals surface area (Å²) in [6.45, 7) is 6.14. The second-order valence-corrected chi connectivity index (χ2v) is 8.98. The summed E-state index contributed by atoms with van der Waals surface area (Å²) in [4.78, 5) is 30.2. The number of Topliss-reactive ketones (excluding diaryl/α,β-unsaturated/α-hetero) is 1. The highest BCUT2D eigenvalue weighted by Crippen LogP contribution is 2.70. The summed E-state index contributed by atoms with van der Waals surface area (Å²) in [5.41, 5.74) is -0.544. The number of hydrogen-bond donors (Lipinski definition) is 1. The topological polar surface area (TPSA) is 68.3 Å². The normalized spacial score (nSPS) is 30.0. The lowest BCUT2D eigenvalue weighted by Gasteiger charge is -2.38. The molecule has 1 amide bonds. The molecule has 0 aliphatic heterocycles. The van der Waals surface area contributed by atoms with Gasteiger partial charge in [-0.3, -0.25) is 9.59 Å². The van der Waals surface area contributed by atoms with Gasteiger partial charge in [0.05, 0.1) is 22.7 Å². The highest BCUT2D eigenvalue weighted by molar-refractivity contribution is 7.22. The van der Waals surface area contributed by atoms with Crippen molar-refractivity contribution in [2.45, 2.75) is 40.0 Å². The van der Waals surface area contributed by atoms with E-state index in [4.69, 9.17) is 4.74 Å². The van der Waals surface area contributed by atoms with Crippen LogP contribution in [0.25, 0.3) is 10.2 Å². The first-order valence-corrected chi connectivity index (χ1v) is 9.34. The van der Waals surface area contributed by atoms with Crippen LogP contribution in [0.1, 0.15) is 40.0 Å². The molecule has 1 aromatic heterocycles. The highest BCUT2D eigenvalue weighted by Gasteiger charge is 2.72. The standard InChI is InChI=1S/C19H22N2O3S/c1-17(2)18(3)7-8-19(17,10-14(18)22)15(23)21-16-20-12-6-5-11(24-4)9-13(12)25-16/h5-6,9H,7-8,10H2,1-4H3,(H,20,21,23). The number of aromatic nitrogens is 1. The van der Waals surface area contributed by atoms with E-state index in [2.05, 4.69) is 24.1 Å². The summed E-state index contributed by atoms with van der Waals surface area (Å²) in [5.74, 6) is 0.910. The van der Waals surface area contributed by atoms with Crippen LogP contribution in [0, 0.1) is 16.2 Å². The van der Waals surface area contributed by atoms with Crippen molar-refractivity contribution in [2.24, 2.45) is 16.2 Å². The third kappa shape index (κ3) is 1.97. The zero-order chi connectivity index (χ0) is 18.0. The van der Waals surface area contributed by atoms with Gasteiger partial charge in [0.1, 0.15) is 11.5 Å². The van der Waals surface area contributed by atoms with Crippen molar-refractivity contribution in [3.63, 3.8) is 0 Å². The number of benzene rings is 1. The lowest BCUT2D eigenvalue weighted by molar-refractivity contribution is -0.131. The number of nitrogens with one attached hydrogen (secondary N) is 1. The lowest BCUT2D eigenvalue weighted by Crippen LogP contribution is -2.43. The van der Waals surface area contributed by atoms with E-state index in [1.807, 2.05) is 25.1 Å². The van der Waals surface area contributed by atoms with E-state index in [1.165, 1.54) is 11.3 Å². The van der Waals surface area contributed by atoms with Crippen LogP contribution in [0.4, 0.5) is 5.13 Å². The molecule has 2 saturated carbocycles. The molecule has 4 rings (SSSR count). The maximum Gasteiger partial charge on any atom is 0.233 e. The minimum Gasteiger partial charge on any atom is -0.497 e. The second kappa shape index (κ2) is 5.04. The van der Waals surface area contributed by atoms with Crippen molar-refractivity contribution >= 4 is 38.4 Å². The number of amides is 1. The lowest BCUT2D eigenvalue weighted by atomic mass is 9.64. The Morgan fingerprint density at radius 1 is 1.28 bits per heavy atom. The molecule has 2 atom stereocenters. The number of anilines is 1. The molecule has 2 aliphatic carbocycles. The van der Waals surface area contributed by atoms with E-state index in [-0.39, 0.29) is 17.1 Å². The molecule has 2 aliphatic rings. The Kier molecular flexibility index (Phi) is 3.33. The van der Waals surface area contributed by atoms with Crippen LogP contribution in [0.3, 0.4) is 0 Å². The average molecular weight is 358 g/mol. The molecule has 0 saturated heterocycles. The smallest absolute Gasteiger partial charge is 0.233 e. The van der Waals surface area contributed by atoms with Gasteiger partial charge in [-0.1, -0.05) is 32.1 Å². The van der Waals surface area contributed by atoms with Crippen molar-refractivity contribution in [2.75, 3.05) is 12.4 Å². The molecule has 2 bridgehead atoms.